The predicted octanol–water partition coefficient (Wildman–Crippen LogP) is 1.50. The maximum absolute atomic E-state index is 12.6. The minimum atomic E-state index is -0.314. The van der Waals surface area contributed by atoms with Crippen LogP contribution in [0.2, 0.25) is 0 Å². The Morgan fingerprint density at radius 2 is 2.04 bits per heavy atom. The van der Waals surface area contributed by atoms with Crippen LogP contribution in [0.1, 0.15) is 20.3 Å². The van der Waals surface area contributed by atoms with E-state index in [-0.39, 0.29) is 22.1 Å². The van der Waals surface area contributed by atoms with E-state index in [9.17, 15) is 9.59 Å². The molecule has 0 unspecified atom stereocenters. The molecule has 3 rings (SSSR count). The van der Waals surface area contributed by atoms with E-state index in [1.807, 2.05) is 11.6 Å². The molecule has 0 spiro atoms. The van der Waals surface area contributed by atoms with Crippen LogP contribution in [0.15, 0.2) is 32.2 Å². The lowest BCUT2D eigenvalue weighted by molar-refractivity contribution is -0.111. The molecular weight excluding hydrogens is 318 g/mol. The van der Waals surface area contributed by atoms with Gasteiger partial charge < -0.3 is 11.1 Å². The van der Waals surface area contributed by atoms with E-state index >= 15 is 0 Å². The number of aromatic nitrogens is 2. The number of carbonyl (C=O) groups excluding carboxylic acids is 1. The second-order valence-electron chi connectivity index (χ2n) is 5.51. The molecule has 3 N–H and O–H groups in total. The normalized spacial score (nSPS) is 19.3. The van der Waals surface area contributed by atoms with Crippen LogP contribution in [0, 0.1) is 0 Å². The molecule has 0 atom stereocenters. The highest BCUT2D eigenvalue weighted by Crippen LogP contribution is 2.28. The van der Waals surface area contributed by atoms with Gasteiger partial charge in [-0.25, -0.2) is 9.67 Å². The highest BCUT2D eigenvalue weighted by atomic mass is 35.5. The number of fused-ring (bicyclic) bond motifs is 1. The van der Waals surface area contributed by atoms with Crippen molar-refractivity contribution in [2.75, 3.05) is 11.9 Å². The zero-order valence-corrected chi connectivity index (χ0v) is 13.8. The number of hydrogen-bond donors (Lipinski definition) is 2. The second kappa shape index (κ2) is 5.73. The fourth-order valence-corrected chi connectivity index (χ4v) is 3.06. The largest absolute Gasteiger partial charge is 0.396 e. The van der Waals surface area contributed by atoms with Crippen molar-refractivity contribution < 1.29 is 4.79 Å². The van der Waals surface area contributed by atoms with Crippen molar-refractivity contribution in [2.24, 2.45) is 10.7 Å². The van der Waals surface area contributed by atoms with Crippen LogP contribution < -0.4 is 16.6 Å². The molecule has 2 heterocycles. The van der Waals surface area contributed by atoms with Crippen LogP contribution >= 0.6 is 11.6 Å². The van der Waals surface area contributed by atoms with Gasteiger partial charge in [0.05, 0.1) is 11.4 Å². The molecule has 1 aliphatic heterocycles. The van der Waals surface area contributed by atoms with Gasteiger partial charge in [0.25, 0.3) is 5.56 Å². The molecule has 1 aromatic heterocycles. The zero-order valence-electron chi connectivity index (χ0n) is 13.0. The first-order valence-electron chi connectivity index (χ1n) is 7.50. The third kappa shape index (κ3) is 2.41. The summed E-state index contributed by atoms with van der Waals surface area (Å²) in [4.78, 5) is 28.8. The fourth-order valence-electron chi connectivity index (χ4n) is 2.81. The average Bonchev–Trinajstić information content (AvgIpc) is 3.09. The number of anilines is 1. The van der Waals surface area contributed by atoms with Crippen molar-refractivity contribution in [3.8, 4) is 0 Å². The van der Waals surface area contributed by atoms with Gasteiger partial charge in [0, 0.05) is 25.2 Å². The van der Waals surface area contributed by atoms with Crippen LogP contribution in [-0.4, -0.2) is 27.4 Å². The van der Waals surface area contributed by atoms with Gasteiger partial charge in [0.1, 0.15) is 5.03 Å². The topological polar surface area (TPSA) is 94.4 Å². The second-order valence-corrected chi connectivity index (χ2v) is 5.89. The Labute approximate surface area is 138 Å². The van der Waals surface area contributed by atoms with Crippen LogP contribution in [0.3, 0.4) is 0 Å². The minimum absolute atomic E-state index is 0.0550. The summed E-state index contributed by atoms with van der Waals surface area (Å²) in [6.07, 6.45) is 2.48. The summed E-state index contributed by atoms with van der Waals surface area (Å²) < 4.78 is 3.57. The lowest BCUT2D eigenvalue weighted by Crippen LogP contribution is -2.21. The van der Waals surface area contributed by atoms with E-state index in [0.717, 1.165) is 13.0 Å². The lowest BCUT2D eigenvalue weighted by Gasteiger charge is -2.13. The number of rotatable bonds is 3. The SMILES string of the molecule is CCNc1c(/N=C2\C=C(C)C(=O)C(Cl)=C2N)c(=O)n2n1CCC2. The number of allylic oxidation sites excluding steroid dienone is 3. The highest BCUT2D eigenvalue weighted by molar-refractivity contribution is 6.49. The Morgan fingerprint density at radius 1 is 1.35 bits per heavy atom. The standard InChI is InChI=1S/C15H18ClN5O2/c1-3-18-14-12(15(23)21-6-4-5-20(14)21)19-9-7-8(2)13(22)10(16)11(9)17/h7,18H,3-6,17H2,1-2H3/b19-9+. The van der Waals surface area contributed by atoms with Crippen molar-refractivity contribution in [2.45, 2.75) is 33.4 Å². The number of nitrogens with zero attached hydrogens (tertiary/aromatic N) is 3. The predicted molar refractivity (Wildman–Crippen MR) is 90.4 cm³/mol. The number of nitrogens with one attached hydrogen (secondary N) is 1. The molecule has 122 valence electrons. The average molecular weight is 336 g/mol. The summed E-state index contributed by atoms with van der Waals surface area (Å²) in [5, 5.41) is 3.14. The summed E-state index contributed by atoms with van der Waals surface area (Å²) in [7, 11) is 0. The van der Waals surface area contributed by atoms with E-state index in [2.05, 4.69) is 10.3 Å². The molecule has 1 aromatic rings. The highest BCUT2D eigenvalue weighted by Gasteiger charge is 2.26. The van der Waals surface area contributed by atoms with Gasteiger partial charge in [-0.15, -0.1) is 0 Å². The third-order valence-electron chi connectivity index (χ3n) is 3.95. The number of Topliss-reactive ketones (excluding diaryl/α,β-unsaturated/α-hetero) is 1. The molecule has 0 amide bonds. The summed E-state index contributed by atoms with van der Waals surface area (Å²) in [6, 6.07) is 0. The molecular formula is C15H18ClN5O2. The van der Waals surface area contributed by atoms with Crippen molar-refractivity contribution in [3.63, 3.8) is 0 Å². The van der Waals surface area contributed by atoms with Crippen molar-refractivity contribution in [1.29, 1.82) is 0 Å². The number of ketones is 1. The number of aliphatic imine (C=N–C) groups is 1. The number of halogens is 1. The molecule has 0 radical (unpaired) electrons. The summed E-state index contributed by atoms with van der Waals surface area (Å²) >= 11 is 5.97. The zero-order chi connectivity index (χ0) is 16.7. The maximum atomic E-state index is 12.6. The first-order valence-corrected chi connectivity index (χ1v) is 7.88. The Bertz CT molecular complexity index is 841. The lowest BCUT2D eigenvalue weighted by atomic mass is 10.0. The van der Waals surface area contributed by atoms with Gasteiger partial charge in [-0.3, -0.25) is 14.3 Å². The number of hydrogen-bond acceptors (Lipinski definition) is 5. The summed E-state index contributed by atoms with van der Waals surface area (Å²) in [6.45, 7) is 5.70. The molecule has 0 saturated heterocycles. The van der Waals surface area contributed by atoms with Crippen LogP contribution in [0.4, 0.5) is 11.5 Å². The Kier molecular flexibility index (Phi) is 3.89. The van der Waals surface area contributed by atoms with Gasteiger partial charge in [-0.2, -0.15) is 0 Å². The molecule has 8 heteroatoms. The number of nitrogens with two attached hydrogens (primary N) is 1. The first-order chi connectivity index (χ1) is 11.0. The Hall–Kier alpha value is -2.28. The Morgan fingerprint density at radius 3 is 2.74 bits per heavy atom. The molecule has 23 heavy (non-hydrogen) atoms. The van der Waals surface area contributed by atoms with Crippen molar-refractivity contribution >= 4 is 34.6 Å². The van der Waals surface area contributed by atoms with Crippen molar-refractivity contribution in [1.82, 2.24) is 9.36 Å². The van der Waals surface area contributed by atoms with Gasteiger partial charge in [0.15, 0.2) is 11.5 Å². The first kappa shape index (κ1) is 15.6. The van der Waals surface area contributed by atoms with Crippen LogP contribution in [-0.2, 0) is 17.9 Å². The molecule has 1 aliphatic carbocycles. The quantitative estimate of drug-likeness (QED) is 0.818. The fraction of sp³-hybridized carbons (Fsp3) is 0.400. The molecule has 2 aliphatic rings. The van der Waals surface area contributed by atoms with Gasteiger partial charge in [-0.1, -0.05) is 11.6 Å². The van der Waals surface area contributed by atoms with Gasteiger partial charge >= 0.3 is 0 Å². The van der Waals surface area contributed by atoms with Gasteiger partial charge in [0.2, 0.25) is 5.78 Å². The maximum Gasteiger partial charge on any atom is 0.294 e. The molecule has 7 nitrogen and oxygen atoms in total. The van der Waals surface area contributed by atoms with E-state index in [4.69, 9.17) is 17.3 Å². The monoisotopic (exact) mass is 335 g/mol. The molecule has 0 fully saturated rings. The third-order valence-corrected chi connectivity index (χ3v) is 4.33. The van der Waals surface area contributed by atoms with Crippen LogP contribution in [0.5, 0.6) is 0 Å². The van der Waals surface area contributed by atoms with Gasteiger partial charge in [-0.05, 0) is 26.3 Å². The van der Waals surface area contributed by atoms with Crippen LogP contribution in [0.25, 0.3) is 0 Å². The number of carbonyl (C=O) groups is 1. The van der Waals surface area contributed by atoms with Crippen molar-refractivity contribution in [3.05, 3.63) is 32.7 Å². The molecule has 0 bridgehead atoms. The van der Waals surface area contributed by atoms with E-state index < -0.39 is 0 Å². The van der Waals surface area contributed by atoms with E-state index in [1.54, 1.807) is 17.7 Å². The minimum Gasteiger partial charge on any atom is -0.396 e. The molecule has 0 saturated carbocycles. The van der Waals surface area contributed by atoms with E-state index in [0.29, 0.717) is 35.9 Å². The summed E-state index contributed by atoms with van der Waals surface area (Å²) in [5.41, 5.74) is 6.92. The Balaban J connectivity index is 2.17. The molecule has 0 aromatic carbocycles. The summed E-state index contributed by atoms with van der Waals surface area (Å²) in [5.74, 6) is 0.362. The van der Waals surface area contributed by atoms with E-state index in [1.165, 1.54) is 0 Å². The smallest absolute Gasteiger partial charge is 0.294 e.